The Morgan fingerprint density at radius 3 is 2.62 bits per heavy atom. The van der Waals surface area contributed by atoms with Gasteiger partial charge < -0.3 is 4.74 Å². The van der Waals surface area contributed by atoms with Crippen molar-refractivity contribution in [2.75, 3.05) is 5.43 Å². The second kappa shape index (κ2) is 7.92. The number of rotatable bonds is 6. The lowest BCUT2D eigenvalue weighted by Gasteiger charge is -2.10. The summed E-state index contributed by atoms with van der Waals surface area (Å²) in [5.74, 6) is 1.50. The number of nitrogens with zero attached hydrogens (tertiary/aromatic N) is 2. The van der Waals surface area contributed by atoms with Crippen LogP contribution in [0.15, 0.2) is 78.0 Å². The molecule has 1 heterocycles. The quantitative estimate of drug-likeness (QED) is 0.541. The number of benzene rings is 2. The van der Waals surface area contributed by atoms with Gasteiger partial charge in [-0.1, -0.05) is 42.5 Å². The third kappa shape index (κ3) is 4.20. The summed E-state index contributed by atoms with van der Waals surface area (Å²) in [6.07, 6.45) is 3.46. The maximum atomic E-state index is 5.97. The van der Waals surface area contributed by atoms with E-state index in [0.29, 0.717) is 12.4 Å². The second-order valence-electron chi connectivity index (χ2n) is 5.34. The van der Waals surface area contributed by atoms with Crippen molar-refractivity contribution in [2.45, 2.75) is 13.5 Å². The number of ether oxygens (including phenoxy) is 1. The van der Waals surface area contributed by atoms with E-state index in [1.807, 2.05) is 54.6 Å². The first kappa shape index (κ1) is 15.7. The predicted octanol–water partition coefficient (Wildman–Crippen LogP) is 4.42. The average Bonchev–Trinajstić information content (AvgIpc) is 2.63. The molecule has 1 N–H and O–H groups in total. The van der Waals surface area contributed by atoms with Crippen molar-refractivity contribution in [1.82, 2.24) is 4.98 Å². The molecule has 0 bridgehead atoms. The van der Waals surface area contributed by atoms with Crippen molar-refractivity contribution in [3.05, 3.63) is 89.6 Å². The Labute approximate surface area is 141 Å². The molecule has 120 valence electrons. The number of nitrogens with one attached hydrogen (secondary N) is 1. The van der Waals surface area contributed by atoms with Gasteiger partial charge in [0.25, 0.3) is 0 Å². The van der Waals surface area contributed by atoms with Gasteiger partial charge in [-0.05, 0) is 42.3 Å². The molecule has 0 radical (unpaired) electrons. The monoisotopic (exact) mass is 317 g/mol. The SMILES string of the molecule is Cc1ccccc1COc1ccccc1C=NNc1ccccn1. The van der Waals surface area contributed by atoms with Crippen LogP contribution in [0.3, 0.4) is 0 Å². The first-order chi connectivity index (χ1) is 11.8. The van der Waals surface area contributed by atoms with Crippen molar-refractivity contribution in [2.24, 2.45) is 5.10 Å². The molecule has 3 rings (SSSR count). The van der Waals surface area contributed by atoms with Gasteiger partial charge in [-0.15, -0.1) is 0 Å². The highest BCUT2D eigenvalue weighted by Gasteiger charge is 2.03. The Morgan fingerprint density at radius 1 is 1.00 bits per heavy atom. The lowest BCUT2D eigenvalue weighted by molar-refractivity contribution is 0.305. The number of hydrogen-bond acceptors (Lipinski definition) is 4. The Kier molecular flexibility index (Phi) is 5.20. The predicted molar refractivity (Wildman–Crippen MR) is 97.4 cm³/mol. The van der Waals surface area contributed by atoms with E-state index in [1.54, 1.807) is 12.4 Å². The fourth-order valence-corrected chi connectivity index (χ4v) is 2.24. The highest BCUT2D eigenvalue weighted by Crippen LogP contribution is 2.18. The zero-order valence-electron chi connectivity index (χ0n) is 13.5. The van der Waals surface area contributed by atoms with E-state index in [9.17, 15) is 0 Å². The minimum atomic E-state index is 0.533. The number of hydrogen-bond donors (Lipinski definition) is 1. The standard InChI is InChI=1S/C20H19N3O/c1-16-8-2-3-10-18(16)15-24-19-11-5-4-9-17(19)14-22-23-20-12-6-7-13-21-20/h2-14H,15H2,1H3,(H,21,23). The average molecular weight is 317 g/mol. The molecule has 0 unspecified atom stereocenters. The van der Waals surface area contributed by atoms with Crippen molar-refractivity contribution >= 4 is 12.0 Å². The van der Waals surface area contributed by atoms with Gasteiger partial charge >= 0.3 is 0 Å². The van der Waals surface area contributed by atoms with Gasteiger partial charge in [-0.3, -0.25) is 5.43 Å². The molecule has 2 aromatic carbocycles. The maximum absolute atomic E-state index is 5.97. The largest absolute Gasteiger partial charge is 0.488 e. The van der Waals surface area contributed by atoms with Crippen LogP contribution in [0.25, 0.3) is 0 Å². The molecule has 0 aliphatic rings. The van der Waals surface area contributed by atoms with Crippen LogP contribution in [0.1, 0.15) is 16.7 Å². The zero-order valence-corrected chi connectivity index (χ0v) is 13.5. The normalized spacial score (nSPS) is 10.7. The van der Waals surface area contributed by atoms with E-state index in [0.717, 1.165) is 11.3 Å². The van der Waals surface area contributed by atoms with Crippen LogP contribution in [0, 0.1) is 6.92 Å². The third-order valence-corrected chi connectivity index (χ3v) is 3.61. The van der Waals surface area contributed by atoms with Crippen LogP contribution >= 0.6 is 0 Å². The Balaban J connectivity index is 1.68. The summed E-state index contributed by atoms with van der Waals surface area (Å²) < 4.78 is 5.97. The summed E-state index contributed by atoms with van der Waals surface area (Å²) in [7, 11) is 0. The van der Waals surface area contributed by atoms with Gasteiger partial charge in [0, 0.05) is 11.8 Å². The van der Waals surface area contributed by atoms with Crippen LogP contribution in [0.2, 0.25) is 0 Å². The smallest absolute Gasteiger partial charge is 0.146 e. The zero-order chi connectivity index (χ0) is 16.6. The molecule has 4 nitrogen and oxygen atoms in total. The van der Waals surface area contributed by atoms with Gasteiger partial charge in [-0.2, -0.15) is 5.10 Å². The van der Waals surface area contributed by atoms with E-state index in [-0.39, 0.29) is 0 Å². The number of para-hydroxylation sites is 1. The molecule has 0 aliphatic carbocycles. The number of aryl methyl sites for hydroxylation is 1. The van der Waals surface area contributed by atoms with E-state index in [1.165, 1.54) is 11.1 Å². The molecule has 0 saturated heterocycles. The second-order valence-corrected chi connectivity index (χ2v) is 5.34. The first-order valence-electron chi connectivity index (χ1n) is 7.79. The molecular weight excluding hydrogens is 298 g/mol. The van der Waals surface area contributed by atoms with Crippen molar-refractivity contribution in [3.63, 3.8) is 0 Å². The van der Waals surface area contributed by atoms with Gasteiger partial charge in [0.1, 0.15) is 18.2 Å². The third-order valence-electron chi connectivity index (χ3n) is 3.61. The summed E-state index contributed by atoms with van der Waals surface area (Å²) in [6.45, 7) is 2.62. The molecule has 24 heavy (non-hydrogen) atoms. The van der Waals surface area contributed by atoms with E-state index < -0.39 is 0 Å². The molecular formula is C20H19N3O. The Hall–Kier alpha value is -3.14. The molecule has 0 amide bonds. The summed E-state index contributed by atoms with van der Waals surface area (Å²) in [5, 5.41) is 4.23. The summed E-state index contributed by atoms with van der Waals surface area (Å²) in [4.78, 5) is 4.16. The van der Waals surface area contributed by atoms with Crippen molar-refractivity contribution < 1.29 is 4.74 Å². The minimum Gasteiger partial charge on any atom is -0.488 e. The van der Waals surface area contributed by atoms with Gasteiger partial charge in [0.15, 0.2) is 0 Å². The highest BCUT2D eigenvalue weighted by atomic mass is 16.5. The lowest BCUT2D eigenvalue weighted by Crippen LogP contribution is -2.00. The minimum absolute atomic E-state index is 0.533. The Morgan fingerprint density at radius 2 is 1.79 bits per heavy atom. The Bertz CT molecular complexity index is 816. The molecule has 0 atom stereocenters. The molecule has 0 aliphatic heterocycles. The van der Waals surface area contributed by atoms with Crippen LogP contribution in [-0.2, 0) is 6.61 Å². The van der Waals surface area contributed by atoms with Gasteiger partial charge in [0.05, 0.1) is 6.21 Å². The molecule has 4 heteroatoms. The number of pyridine rings is 1. The van der Waals surface area contributed by atoms with Crippen LogP contribution in [-0.4, -0.2) is 11.2 Å². The molecule has 0 saturated carbocycles. The summed E-state index contributed by atoms with van der Waals surface area (Å²) in [6, 6.07) is 21.7. The number of anilines is 1. The number of aromatic nitrogens is 1. The van der Waals surface area contributed by atoms with E-state index in [2.05, 4.69) is 34.6 Å². The maximum Gasteiger partial charge on any atom is 0.146 e. The summed E-state index contributed by atoms with van der Waals surface area (Å²) in [5.41, 5.74) is 6.22. The first-order valence-corrected chi connectivity index (χ1v) is 7.79. The summed E-state index contributed by atoms with van der Waals surface area (Å²) >= 11 is 0. The highest BCUT2D eigenvalue weighted by molar-refractivity contribution is 5.83. The molecule has 3 aromatic rings. The van der Waals surface area contributed by atoms with Gasteiger partial charge in [0.2, 0.25) is 0 Å². The van der Waals surface area contributed by atoms with Crippen LogP contribution in [0.5, 0.6) is 5.75 Å². The topological polar surface area (TPSA) is 46.5 Å². The molecule has 0 spiro atoms. The molecule has 0 fully saturated rings. The van der Waals surface area contributed by atoms with E-state index >= 15 is 0 Å². The van der Waals surface area contributed by atoms with Crippen LogP contribution < -0.4 is 10.2 Å². The van der Waals surface area contributed by atoms with Crippen molar-refractivity contribution in [1.29, 1.82) is 0 Å². The van der Waals surface area contributed by atoms with Crippen LogP contribution in [0.4, 0.5) is 5.82 Å². The lowest BCUT2D eigenvalue weighted by atomic mass is 10.1. The fraction of sp³-hybridized carbons (Fsp3) is 0.100. The van der Waals surface area contributed by atoms with E-state index in [4.69, 9.17) is 4.74 Å². The van der Waals surface area contributed by atoms with Gasteiger partial charge in [-0.25, -0.2) is 4.98 Å². The fourth-order valence-electron chi connectivity index (χ4n) is 2.24. The number of hydrazone groups is 1. The van der Waals surface area contributed by atoms with Crippen molar-refractivity contribution in [3.8, 4) is 5.75 Å². The molecule has 1 aromatic heterocycles.